The predicted octanol–water partition coefficient (Wildman–Crippen LogP) is 10.3. The van der Waals surface area contributed by atoms with Crippen LogP contribution < -0.4 is 0 Å². The Labute approximate surface area is 209 Å². The zero-order valence-corrected chi connectivity index (χ0v) is 19.8. The molecule has 0 aliphatic heterocycles. The summed E-state index contributed by atoms with van der Waals surface area (Å²) in [6, 6.07) is 45.6. The minimum absolute atomic E-state index is 0.745. The molecule has 0 aliphatic rings. The van der Waals surface area contributed by atoms with Crippen LogP contribution in [0.3, 0.4) is 0 Å². The van der Waals surface area contributed by atoms with Crippen LogP contribution in [-0.2, 0) is 0 Å². The molecule has 0 nitrogen and oxygen atoms in total. The van der Waals surface area contributed by atoms with Gasteiger partial charge in [0.2, 0.25) is 0 Å². The van der Waals surface area contributed by atoms with Crippen molar-refractivity contribution in [3.63, 3.8) is 0 Å². The molecule has 0 heterocycles. The quantitative estimate of drug-likeness (QED) is 0.223. The van der Waals surface area contributed by atoms with Crippen molar-refractivity contribution in [3.8, 4) is 22.3 Å². The molecule has 0 radical (unpaired) electrons. The maximum absolute atomic E-state index is 6.51. The number of halogens is 1. The smallest absolute Gasteiger partial charge is 0.0412 e. The van der Waals surface area contributed by atoms with Gasteiger partial charge in [0.05, 0.1) is 0 Å². The standard InChI is InChI=1S/C34H21Cl/c35-26-16-18-27(33(21-26)24-14-13-22-7-1-2-8-23(22)19-24)25-15-17-32-30-11-4-3-9-28(30)29-10-5-6-12-31(29)34(32)20-25/h1-21H. The van der Waals surface area contributed by atoms with E-state index in [-0.39, 0.29) is 0 Å². The van der Waals surface area contributed by atoms with Gasteiger partial charge in [-0.2, -0.15) is 0 Å². The molecule has 0 N–H and O–H groups in total. The van der Waals surface area contributed by atoms with Crippen LogP contribution in [0.15, 0.2) is 127 Å². The summed E-state index contributed by atoms with van der Waals surface area (Å²) in [5, 5.41) is 10.9. The first kappa shape index (κ1) is 20.3. The summed E-state index contributed by atoms with van der Waals surface area (Å²) < 4.78 is 0. The molecular formula is C34H21Cl. The first-order chi connectivity index (χ1) is 17.3. The van der Waals surface area contributed by atoms with Crippen molar-refractivity contribution in [1.29, 1.82) is 0 Å². The van der Waals surface area contributed by atoms with E-state index in [9.17, 15) is 0 Å². The van der Waals surface area contributed by atoms with Gasteiger partial charge in [0.25, 0.3) is 0 Å². The van der Waals surface area contributed by atoms with Crippen LogP contribution in [0, 0.1) is 0 Å². The second-order valence-electron chi connectivity index (χ2n) is 9.10. The molecule has 7 aromatic rings. The van der Waals surface area contributed by atoms with Gasteiger partial charge in [0.15, 0.2) is 0 Å². The van der Waals surface area contributed by atoms with Crippen molar-refractivity contribution < 1.29 is 0 Å². The van der Waals surface area contributed by atoms with E-state index in [1.165, 1.54) is 59.8 Å². The lowest BCUT2D eigenvalue weighted by atomic mass is 9.89. The third kappa shape index (κ3) is 3.30. The minimum Gasteiger partial charge on any atom is -0.0843 e. The van der Waals surface area contributed by atoms with E-state index in [1.807, 2.05) is 6.07 Å². The van der Waals surface area contributed by atoms with Gasteiger partial charge >= 0.3 is 0 Å². The average molecular weight is 465 g/mol. The molecular weight excluding hydrogens is 444 g/mol. The Morgan fingerprint density at radius 1 is 0.343 bits per heavy atom. The van der Waals surface area contributed by atoms with E-state index >= 15 is 0 Å². The van der Waals surface area contributed by atoms with Crippen molar-refractivity contribution in [2.24, 2.45) is 0 Å². The fourth-order valence-electron chi connectivity index (χ4n) is 5.44. The summed E-state index contributed by atoms with van der Waals surface area (Å²) in [6.07, 6.45) is 0. The summed E-state index contributed by atoms with van der Waals surface area (Å²) in [6.45, 7) is 0. The second-order valence-corrected chi connectivity index (χ2v) is 9.54. The highest BCUT2D eigenvalue weighted by Gasteiger charge is 2.13. The van der Waals surface area contributed by atoms with Crippen LogP contribution in [0.4, 0.5) is 0 Å². The van der Waals surface area contributed by atoms with Crippen LogP contribution in [0.1, 0.15) is 0 Å². The largest absolute Gasteiger partial charge is 0.0843 e. The second kappa shape index (κ2) is 7.98. The van der Waals surface area contributed by atoms with Gasteiger partial charge in [0.1, 0.15) is 0 Å². The molecule has 0 aliphatic carbocycles. The molecule has 0 unspecified atom stereocenters. The maximum Gasteiger partial charge on any atom is 0.0412 e. The summed E-state index contributed by atoms with van der Waals surface area (Å²) in [5.41, 5.74) is 4.69. The highest BCUT2D eigenvalue weighted by molar-refractivity contribution is 6.31. The average Bonchev–Trinajstić information content (AvgIpc) is 2.92. The highest BCUT2D eigenvalue weighted by Crippen LogP contribution is 2.40. The topological polar surface area (TPSA) is 0 Å². The molecule has 0 saturated heterocycles. The van der Waals surface area contributed by atoms with Crippen LogP contribution in [-0.4, -0.2) is 0 Å². The molecule has 0 amide bonds. The minimum atomic E-state index is 0.745. The van der Waals surface area contributed by atoms with E-state index in [4.69, 9.17) is 11.6 Å². The van der Waals surface area contributed by atoms with Gasteiger partial charge in [-0.15, -0.1) is 0 Å². The lowest BCUT2D eigenvalue weighted by Crippen LogP contribution is -1.88. The normalized spacial score (nSPS) is 11.6. The molecule has 35 heavy (non-hydrogen) atoms. The number of hydrogen-bond donors (Lipinski definition) is 0. The third-order valence-electron chi connectivity index (χ3n) is 7.10. The Kier molecular flexibility index (Phi) is 4.62. The molecule has 0 saturated carbocycles. The van der Waals surface area contributed by atoms with Gasteiger partial charge in [0, 0.05) is 5.02 Å². The molecule has 7 aromatic carbocycles. The predicted molar refractivity (Wildman–Crippen MR) is 152 cm³/mol. The van der Waals surface area contributed by atoms with Crippen LogP contribution in [0.5, 0.6) is 0 Å². The first-order valence-corrected chi connectivity index (χ1v) is 12.3. The monoisotopic (exact) mass is 464 g/mol. The lowest BCUT2D eigenvalue weighted by Gasteiger charge is -2.15. The van der Waals surface area contributed by atoms with Crippen molar-refractivity contribution in [3.05, 3.63) is 132 Å². The number of benzene rings is 7. The van der Waals surface area contributed by atoms with Gasteiger partial charge < -0.3 is 0 Å². The van der Waals surface area contributed by atoms with Crippen molar-refractivity contribution in [2.75, 3.05) is 0 Å². The Bertz CT molecular complexity index is 1880. The van der Waals surface area contributed by atoms with Crippen LogP contribution in [0.2, 0.25) is 5.02 Å². The molecule has 0 bridgehead atoms. The Balaban J connectivity index is 1.51. The zero-order chi connectivity index (χ0) is 23.4. The molecule has 0 fully saturated rings. The van der Waals surface area contributed by atoms with Gasteiger partial charge in [-0.05, 0) is 89.6 Å². The molecule has 164 valence electrons. The van der Waals surface area contributed by atoms with Crippen LogP contribution in [0.25, 0.3) is 65.3 Å². The molecule has 7 rings (SSSR count). The van der Waals surface area contributed by atoms with E-state index in [0.29, 0.717) is 0 Å². The molecule has 1 heteroatoms. The van der Waals surface area contributed by atoms with Gasteiger partial charge in [-0.3, -0.25) is 0 Å². The number of fused-ring (bicyclic) bond motifs is 7. The summed E-state index contributed by atoms with van der Waals surface area (Å²) >= 11 is 6.51. The molecule has 0 aromatic heterocycles. The Morgan fingerprint density at radius 2 is 0.886 bits per heavy atom. The van der Waals surface area contributed by atoms with E-state index in [2.05, 4.69) is 121 Å². The third-order valence-corrected chi connectivity index (χ3v) is 7.33. The van der Waals surface area contributed by atoms with E-state index < -0.39 is 0 Å². The highest BCUT2D eigenvalue weighted by atomic mass is 35.5. The first-order valence-electron chi connectivity index (χ1n) is 11.9. The van der Waals surface area contributed by atoms with Crippen molar-refractivity contribution >= 4 is 54.7 Å². The number of rotatable bonds is 2. The zero-order valence-electron chi connectivity index (χ0n) is 19.0. The Hall–Kier alpha value is -4.13. The SMILES string of the molecule is Clc1ccc(-c2ccc3c4ccccc4c4ccccc4c3c2)c(-c2ccc3ccccc3c2)c1. The summed E-state index contributed by atoms with van der Waals surface area (Å²) in [7, 11) is 0. The maximum atomic E-state index is 6.51. The fraction of sp³-hybridized carbons (Fsp3) is 0. The van der Waals surface area contributed by atoms with E-state index in [1.54, 1.807) is 0 Å². The fourth-order valence-corrected chi connectivity index (χ4v) is 5.61. The van der Waals surface area contributed by atoms with Gasteiger partial charge in [-0.1, -0.05) is 115 Å². The number of hydrogen-bond acceptors (Lipinski definition) is 0. The van der Waals surface area contributed by atoms with Crippen LogP contribution >= 0.6 is 11.6 Å². The van der Waals surface area contributed by atoms with Crippen molar-refractivity contribution in [2.45, 2.75) is 0 Å². The van der Waals surface area contributed by atoms with Gasteiger partial charge in [-0.25, -0.2) is 0 Å². The summed E-state index contributed by atoms with van der Waals surface area (Å²) in [5.74, 6) is 0. The molecule has 0 spiro atoms. The van der Waals surface area contributed by atoms with Crippen molar-refractivity contribution in [1.82, 2.24) is 0 Å². The summed E-state index contributed by atoms with van der Waals surface area (Å²) in [4.78, 5) is 0. The van der Waals surface area contributed by atoms with E-state index in [0.717, 1.165) is 10.6 Å². The molecule has 0 atom stereocenters. The Morgan fingerprint density at radius 3 is 1.60 bits per heavy atom. The lowest BCUT2D eigenvalue weighted by molar-refractivity contribution is 1.61.